The summed E-state index contributed by atoms with van der Waals surface area (Å²) in [6.45, 7) is 3.22. The van der Waals surface area contributed by atoms with Crippen LogP contribution in [0, 0.1) is 13.8 Å². The van der Waals surface area contributed by atoms with Crippen LogP contribution in [0.3, 0.4) is 0 Å². The first-order valence-electron chi connectivity index (χ1n) is 15.3. The summed E-state index contributed by atoms with van der Waals surface area (Å²) in [5.74, 6) is -2.77. The number of nitrogens with one attached hydrogen (secondary N) is 2. The zero-order valence-corrected chi connectivity index (χ0v) is 34.6. The molecular formula is C36H24N4Na2O10S2. The topological polar surface area (TPSA) is 259 Å². The molecule has 0 atom stereocenters. The molecule has 6 N–H and O–H groups in total. The maximum absolute atomic E-state index is 13.7. The van der Waals surface area contributed by atoms with Crippen LogP contribution in [0.25, 0.3) is 0 Å². The normalized spacial score (nSPS) is 13.1. The van der Waals surface area contributed by atoms with Gasteiger partial charge in [-0.25, -0.2) is 16.8 Å². The molecular weight excluding hydrogens is 759 g/mol. The zero-order valence-electron chi connectivity index (χ0n) is 29.0. The molecule has 262 valence electrons. The molecule has 7 rings (SSSR count). The van der Waals surface area contributed by atoms with E-state index in [1.165, 1.54) is 36.4 Å². The smallest absolute Gasteiger partial charge is 0.744 e. The Hall–Kier alpha value is -4.20. The van der Waals surface area contributed by atoms with E-state index < -0.39 is 75.7 Å². The van der Waals surface area contributed by atoms with Gasteiger partial charge in [0.1, 0.15) is 20.2 Å². The predicted octanol–water partition coefficient (Wildman–Crippen LogP) is -1.68. The second-order valence-electron chi connectivity index (χ2n) is 12.2. The third-order valence-corrected chi connectivity index (χ3v) is 10.8. The van der Waals surface area contributed by atoms with Crippen molar-refractivity contribution in [3.05, 3.63) is 128 Å². The average Bonchev–Trinajstić information content (AvgIpc) is 3.08. The first-order chi connectivity index (χ1) is 24.4. The second kappa shape index (κ2) is 14.5. The fraction of sp³-hybridized carbons (Fsp3) is 0.0556. The number of rotatable bonds is 6. The average molecular weight is 783 g/mol. The molecule has 0 bridgehead atoms. The van der Waals surface area contributed by atoms with E-state index in [0.29, 0.717) is 11.1 Å². The summed E-state index contributed by atoms with van der Waals surface area (Å²) >= 11 is 0. The van der Waals surface area contributed by atoms with Gasteiger partial charge in [-0.15, -0.1) is 0 Å². The van der Waals surface area contributed by atoms with E-state index in [-0.39, 0.29) is 115 Å². The van der Waals surface area contributed by atoms with Gasteiger partial charge < -0.3 is 31.2 Å². The van der Waals surface area contributed by atoms with Gasteiger partial charge in [-0.1, -0.05) is 48.5 Å². The summed E-state index contributed by atoms with van der Waals surface area (Å²) in [6.07, 6.45) is 0. The second-order valence-corrected chi connectivity index (χ2v) is 14.9. The molecule has 0 radical (unpaired) electrons. The largest absolute Gasteiger partial charge is 1.00 e. The Morgan fingerprint density at radius 2 is 0.759 bits per heavy atom. The number of ketones is 4. The van der Waals surface area contributed by atoms with Gasteiger partial charge in [-0.05, 0) is 49.2 Å². The van der Waals surface area contributed by atoms with Crippen molar-refractivity contribution < 1.29 is 104 Å². The number of nitrogens with two attached hydrogens (primary N) is 2. The van der Waals surface area contributed by atoms with Crippen LogP contribution in [-0.2, 0) is 20.2 Å². The van der Waals surface area contributed by atoms with Gasteiger partial charge in [0.05, 0.1) is 54.8 Å². The number of fused-ring (bicyclic) bond motifs is 4. The van der Waals surface area contributed by atoms with Gasteiger partial charge in [0, 0.05) is 33.6 Å². The Morgan fingerprint density at radius 1 is 0.481 bits per heavy atom. The van der Waals surface area contributed by atoms with E-state index >= 15 is 0 Å². The van der Waals surface area contributed by atoms with Crippen molar-refractivity contribution in [1.82, 2.24) is 0 Å². The van der Waals surface area contributed by atoms with Crippen LogP contribution in [0.1, 0.15) is 74.8 Å². The van der Waals surface area contributed by atoms with E-state index in [4.69, 9.17) is 11.5 Å². The molecule has 54 heavy (non-hydrogen) atoms. The van der Waals surface area contributed by atoms with Crippen molar-refractivity contribution in [2.75, 3.05) is 22.1 Å². The standard InChI is InChI=1S/C36H26N4O10S2.2Na/c1-15-11-22(40-24-14-26(52(48,49)50)32(38)30-28(24)34(42)18-8-4-6-10-20(18)36(30)44)16(2)12-21(15)39-23-13-25(51(45,46)47)31(37)29-27(23)33(41)17-7-3-5-9-19(17)35(29)43;;/h3-14,39-40H,37-38H2,1-2H3,(H,45,46,47)(H,48,49,50);;/q;2*+1/p-2. The van der Waals surface area contributed by atoms with Gasteiger partial charge >= 0.3 is 59.1 Å². The molecule has 0 fully saturated rings. The summed E-state index contributed by atoms with van der Waals surface area (Å²) in [6, 6.07) is 16.7. The van der Waals surface area contributed by atoms with Crippen molar-refractivity contribution in [1.29, 1.82) is 0 Å². The fourth-order valence-electron chi connectivity index (χ4n) is 6.57. The number of aryl methyl sites for hydroxylation is 2. The monoisotopic (exact) mass is 782 g/mol. The van der Waals surface area contributed by atoms with Crippen LogP contribution in [0.5, 0.6) is 0 Å². The van der Waals surface area contributed by atoms with Crippen molar-refractivity contribution in [3.8, 4) is 0 Å². The molecule has 0 aliphatic heterocycles. The molecule has 5 aromatic rings. The molecule has 0 saturated heterocycles. The SMILES string of the molecule is Cc1cc(Nc2cc(S(=O)(=O)[O-])c(N)c3c2C(=O)c2ccccc2C3=O)c(C)cc1Nc1cc(S(=O)(=O)[O-])c(N)c2c1C(=O)c1ccccc1C2=O.[Na+].[Na+]. The Bertz CT molecular complexity index is 2580. The van der Waals surface area contributed by atoms with E-state index in [1.54, 1.807) is 38.1 Å². The summed E-state index contributed by atoms with van der Waals surface area (Å²) < 4.78 is 73.6. The summed E-state index contributed by atoms with van der Waals surface area (Å²) in [7, 11) is -10.5. The molecule has 0 saturated carbocycles. The van der Waals surface area contributed by atoms with Gasteiger partial charge in [0.2, 0.25) is 0 Å². The first-order valence-corrected chi connectivity index (χ1v) is 18.1. The third-order valence-electron chi connectivity index (χ3n) is 9.05. The summed E-state index contributed by atoms with van der Waals surface area (Å²) in [5, 5.41) is 5.94. The van der Waals surface area contributed by atoms with Crippen LogP contribution in [0.15, 0.2) is 82.6 Å². The number of carbonyl (C=O) groups excluding carboxylic acids is 4. The van der Waals surface area contributed by atoms with E-state index in [2.05, 4.69) is 10.6 Å². The van der Waals surface area contributed by atoms with Crippen LogP contribution in [0.4, 0.5) is 34.1 Å². The number of nitrogen functional groups attached to an aromatic ring is 2. The number of hydrogen-bond acceptors (Lipinski definition) is 14. The van der Waals surface area contributed by atoms with Gasteiger partial charge in [-0.2, -0.15) is 0 Å². The van der Waals surface area contributed by atoms with E-state index in [0.717, 1.165) is 12.1 Å². The zero-order chi connectivity index (χ0) is 37.6. The van der Waals surface area contributed by atoms with Crippen molar-refractivity contribution in [3.63, 3.8) is 0 Å². The minimum atomic E-state index is -5.23. The van der Waals surface area contributed by atoms with Gasteiger partial charge in [0.25, 0.3) is 0 Å². The Labute approximate surface area is 352 Å². The summed E-state index contributed by atoms with van der Waals surface area (Å²) in [5.41, 5.74) is 10.6. The maximum Gasteiger partial charge on any atom is 1.00 e. The molecule has 14 nitrogen and oxygen atoms in total. The summed E-state index contributed by atoms with van der Waals surface area (Å²) in [4.78, 5) is 52.8. The molecule has 0 heterocycles. The molecule has 0 spiro atoms. The Kier molecular flexibility index (Phi) is 11.0. The maximum atomic E-state index is 13.7. The van der Waals surface area contributed by atoms with E-state index in [9.17, 15) is 45.1 Å². The molecule has 0 amide bonds. The molecule has 0 aromatic heterocycles. The van der Waals surface area contributed by atoms with Gasteiger partial charge in [-0.3, -0.25) is 19.2 Å². The number of benzene rings is 5. The molecule has 2 aliphatic carbocycles. The van der Waals surface area contributed by atoms with Crippen molar-refractivity contribution in [2.24, 2.45) is 0 Å². The Morgan fingerprint density at radius 3 is 1.04 bits per heavy atom. The number of carbonyl (C=O) groups is 4. The first kappa shape index (κ1) is 41.0. The Balaban J connectivity index is 0.00000280. The molecule has 2 aliphatic rings. The van der Waals surface area contributed by atoms with Crippen LogP contribution < -0.4 is 81.2 Å². The molecule has 0 unspecified atom stereocenters. The quantitative estimate of drug-likeness (QED) is 0.0835. The number of hydrogen-bond donors (Lipinski definition) is 4. The molecule has 5 aromatic carbocycles. The van der Waals surface area contributed by atoms with Crippen molar-refractivity contribution in [2.45, 2.75) is 23.6 Å². The van der Waals surface area contributed by atoms with Gasteiger partial charge in [0.15, 0.2) is 23.1 Å². The number of anilines is 6. The van der Waals surface area contributed by atoms with Crippen LogP contribution in [-0.4, -0.2) is 49.1 Å². The minimum absolute atomic E-state index is 0. The fourth-order valence-corrected chi connectivity index (χ4v) is 7.84. The van der Waals surface area contributed by atoms with Crippen LogP contribution in [0.2, 0.25) is 0 Å². The minimum Gasteiger partial charge on any atom is -0.744 e. The van der Waals surface area contributed by atoms with Crippen LogP contribution >= 0.6 is 0 Å². The van der Waals surface area contributed by atoms with E-state index in [1.807, 2.05) is 0 Å². The van der Waals surface area contributed by atoms with Crippen molar-refractivity contribution >= 4 is 77.5 Å². The molecule has 18 heteroatoms. The third kappa shape index (κ3) is 6.62. The predicted molar refractivity (Wildman–Crippen MR) is 187 cm³/mol.